The quantitative estimate of drug-likeness (QED) is 0.573. The van der Waals surface area contributed by atoms with Crippen molar-refractivity contribution in [3.05, 3.63) is 29.3 Å². The fraction of sp³-hybridized carbons (Fsp3) is 0.417. The van der Waals surface area contributed by atoms with Crippen molar-refractivity contribution in [2.75, 3.05) is 13.2 Å². The molecule has 20 heavy (non-hydrogen) atoms. The summed E-state index contributed by atoms with van der Waals surface area (Å²) in [4.78, 5) is 10.7. The molecule has 0 atom stereocenters. The number of rotatable bonds is 6. The van der Waals surface area contributed by atoms with Crippen LogP contribution < -0.4 is 4.72 Å². The number of hydrogen-bond acceptors (Lipinski definition) is 5. The summed E-state index contributed by atoms with van der Waals surface area (Å²) in [7, 11) is -4.06. The molecular formula is C12H17NO6S. The summed E-state index contributed by atoms with van der Waals surface area (Å²) in [6.07, 6.45) is 0. The number of carboxylic acids is 1. The fourth-order valence-corrected chi connectivity index (χ4v) is 3.18. The maximum absolute atomic E-state index is 12.2. The zero-order chi connectivity index (χ0) is 15.6. The van der Waals surface area contributed by atoms with Gasteiger partial charge in [0.1, 0.15) is 0 Å². The van der Waals surface area contributed by atoms with E-state index in [-0.39, 0.29) is 10.5 Å². The van der Waals surface area contributed by atoms with Crippen LogP contribution in [0.4, 0.5) is 0 Å². The molecule has 0 saturated heterocycles. The van der Waals surface area contributed by atoms with Crippen molar-refractivity contribution in [2.45, 2.75) is 24.3 Å². The van der Waals surface area contributed by atoms with Gasteiger partial charge in [0.05, 0.1) is 29.2 Å². The van der Waals surface area contributed by atoms with Gasteiger partial charge in [-0.15, -0.1) is 0 Å². The highest BCUT2D eigenvalue weighted by atomic mass is 32.2. The summed E-state index contributed by atoms with van der Waals surface area (Å²) in [6.45, 7) is 1.66. The Bertz CT molecular complexity index is 606. The highest BCUT2D eigenvalue weighted by Gasteiger charge is 2.30. The van der Waals surface area contributed by atoms with Gasteiger partial charge in [-0.25, -0.2) is 17.9 Å². The fourth-order valence-electron chi connectivity index (χ4n) is 1.52. The first kappa shape index (κ1) is 16.6. The minimum absolute atomic E-state index is 0.161. The summed E-state index contributed by atoms with van der Waals surface area (Å²) in [5.41, 5.74) is -1.23. The third-order valence-corrected chi connectivity index (χ3v) is 4.58. The van der Waals surface area contributed by atoms with Crippen LogP contribution in [-0.2, 0) is 10.0 Å². The van der Waals surface area contributed by atoms with E-state index >= 15 is 0 Å². The lowest BCUT2D eigenvalue weighted by Gasteiger charge is -2.26. The van der Waals surface area contributed by atoms with Gasteiger partial charge < -0.3 is 15.3 Å². The molecule has 1 aromatic rings. The summed E-state index contributed by atoms with van der Waals surface area (Å²) < 4.78 is 26.6. The second-order valence-corrected chi connectivity index (χ2v) is 6.42. The first-order chi connectivity index (χ1) is 9.15. The first-order valence-corrected chi connectivity index (χ1v) is 7.23. The van der Waals surface area contributed by atoms with Crippen LogP contribution in [0.5, 0.6) is 0 Å². The van der Waals surface area contributed by atoms with Crippen molar-refractivity contribution in [3.63, 3.8) is 0 Å². The zero-order valence-electron chi connectivity index (χ0n) is 11.1. The lowest BCUT2D eigenvalue weighted by Crippen LogP contribution is -2.51. The molecule has 0 bridgehead atoms. The van der Waals surface area contributed by atoms with Gasteiger partial charge in [0, 0.05) is 0 Å². The van der Waals surface area contributed by atoms with Gasteiger partial charge in [-0.3, -0.25) is 0 Å². The van der Waals surface area contributed by atoms with E-state index in [1.54, 1.807) is 0 Å². The molecule has 0 spiro atoms. The number of aliphatic hydroxyl groups is 2. The van der Waals surface area contributed by atoms with E-state index in [0.29, 0.717) is 5.56 Å². The Labute approximate surface area is 116 Å². The number of benzene rings is 1. The Kier molecular flexibility index (Phi) is 4.87. The molecule has 1 rings (SSSR count). The third kappa shape index (κ3) is 3.54. The molecule has 8 heteroatoms. The molecule has 0 aliphatic rings. The van der Waals surface area contributed by atoms with Crippen molar-refractivity contribution < 1.29 is 28.5 Å². The third-order valence-electron chi connectivity index (χ3n) is 2.80. The second-order valence-electron chi connectivity index (χ2n) is 4.77. The minimum atomic E-state index is -4.06. The number of aliphatic hydroxyl groups excluding tert-OH is 2. The number of nitrogens with one attached hydrogen (secondary N) is 1. The molecule has 0 unspecified atom stereocenters. The SMILES string of the molecule is Cc1ccc(C(=O)O)cc1S(=O)(=O)NC(C)(CO)CO. The number of aromatic carboxylic acids is 1. The maximum Gasteiger partial charge on any atom is 0.335 e. The van der Waals surface area contributed by atoms with Crippen molar-refractivity contribution in [1.82, 2.24) is 4.72 Å². The van der Waals surface area contributed by atoms with Crippen molar-refractivity contribution in [2.24, 2.45) is 0 Å². The summed E-state index contributed by atoms with van der Waals surface area (Å²) in [5, 5.41) is 27.1. The molecular weight excluding hydrogens is 286 g/mol. The van der Waals surface area contributed by atoms with Gasteiger partial charge in [-0.05, 0) is 31.5 Å². The molecule has 0 saturated carbocycles. The van der Waals surface area contributed by atoms with E-state index in [1.165, 1.54) is 26.0 Å². The van der Waals surface area contributed by atoms with Crippen LogP contribution in [0, 0.1) is 6.92 Å². The predicted molar refractivity (Wildman–Crippen MR) is 71.0 cm³/mol. The van der Waals surface area contributed by atoms with Crippen molar-refractivity contribution in [1.29, 1.82) is 0 Å². The Morgan fingerprint density at radius 1 is 1.30 bits per heavy atom. The average Bonchev–Trinajstić information content (AvgIpc) is 2.38. The second kappa shape index (κ2) is 5.88. The van der Waals surface area contributed by atoms with Gasteiger partial charge in [0.2, 0.25) is 10.0 Å². The lowest BCUT2D eigenvalue weighted by molar-refractivity contribution is 0.0696. The minimum Gasteiger partial charge on any atom is -0.478 e. The highest BCUT2D eigenvalue weighted by molar-refractivity contribution is 7.89. The van der Waals surface area contributed by atoms with Crippen molar-refractivity contribution >= 4 is 16.0 Å². The van der Waals surface area contributed by atoms with Crippen LogP contribution in [0.15, 0.2) is 23.1 Å². The van der Waals surface area contributed by atoms with E-state index < -0.39 is 34.7 Å². The number of sulfonamides is 1. The number of carbonyl (C=O) groups is 1. The smallest absolute Gasteiger partial charge is 0.335 e. The Hall–Kier alpha value is -1.48. The number of carboxylic acid groups (broad SMARTS) is 1. The van der Waals surface area contributed by atoms with Crippen LogP contribution in [-0.4, -0.2) is 48.5 Å². The molecule has 4 N–H and O–H groups in total. The Balaban J connectivity index is 3.28. The summed E-state index contributed by atoms with van der Waals surface area (Å²) in [5.74, 6) is -1.24. The summed E-state index contributed by atoms with van der Waals surface area (Å²) >= 11 is 0. The molecule has 0 aromatic heterocycles. The number of hydrogen-bond donors (Lipinski definition) is 4. The van der Waals surface area contributed by atoms with Crippen LogP contribution in [0.1, 0.15) is 22.8 Å². The van der Waals surface area contributed by atoms with E-state index in [9.17, 15) is 13.2 Å². The van der Waals surface area contributed by atoms with Crippen LogP contribution in [0.25, 0.3) is 0 Å². The average molecular weight is 303 g/mol. The molecule has 0 radical (unpaired) electrons. The molecule has 0 heterocycles. The predicted octanol–water partition coefficient (Wildman–Crippen LogP) is -0.285. The normalized spacial score (nSPS) is 12.4. The van der Waals surface area contributed by atoms with Crippen LogP contribution >= 0.6 is 0 Å². The van der Waals surface area contributed by atoms with E-state index in [2.05, 4.69) is 4.72 Å². The van der Waals surface area contributed by atoms with E-state index in [0.717, 1.165) is 6.07 Å². The largest absolute Gasteiger partial charge is 0.478 e. The molecule has 1 aromatic carbocycles. The highest BCUT2D eigenvalue weighted by Crippen LogP contribution is 2.19. The summed E-state index contributed by atoms with van der Waals surface area (Å²) in [6, 6.07) is 3.72. The topological polar surface area (TPSA) is 124 Å². The molecule has 7 nitrogen and oxygen atoms in total. The van der Waals surface area contributed by atoms with Crippen LogP contribution in [0.3, 0.4) is 0 Å². The number of aryl methyl sites for hydroxylation is 1. The molecule has 0 amide bonds. The standard InChI is InChI=1S/C12H17NO6S/c1-8-3-4-9(11(16)17)5-10(8)20(18,19)13-12(2,6-14)7-15/h3-5,13-15H,6-7H2,1-2H3,(H,16,17). The van der Waals surface area contributed by atoms with Crippen molar-refractivity contribution in [3.8, 4) is 0 Å². The monoisotopic (exact) mass is 303 g/mol. The molecule has 0 aliphatic heterocycles. The first-order valence-electron chi connectivity index (χ1n) is 5.75. The van der Waals surface area contributed by atoms with Gasteiger partial charge in [0.15, 0.2) is 0 Å². The van der Waals surface area contributed by atoms with E-state index in [1.807, 2.05) is 0 Å². The molecule has 112 valence electrons. The van der Waals surface area contributed by atoms with Gasteiger partial charge in [-0.1, -0.05) is 6.07 Å². The van der Waals surface area contributed by atoms with Crippen LogP contribution in [0.2, 0.25) is 0 Å². The van der Waals surface area contributed by atoms with Gasteiger partial charge in [-0.2, -0.15) is 0 Å². The molecule has 0 aliphatic carbocycles. The van der Waals surface area contributed by atoms with E-state index in [4.69, 9.17) is 15.3 Å². The molecule has 0 fully saturated rings. The maximum atomic E-state index is 12.2. The van der Waals surface area contributed by atoms with Gasteiger partial charge >= 0.3 is 5.97 Å². The lowest BCUT2D eigenvalue weighted by atomic mass is 10.1. The zero-order valence-corrected chi connectivity index (χ0v) is 11.9. The Morgan fingerprint density at radius 3 is 2.30 bits per heavy atom. The Morgan fingerprint density at radius 2 is 1.85 bits per heavy atom. The van der Waals surface area contributed by atoms with Gasteiger partial charge in [0.25, 0.3) is 0 Å².